The van der Waals surface area contributed by atoms with Crippen LogP contribution in [0.15, 0.2) is 30.6 Å². The third-order valence-electron chi connectivity index (χ3n) is 6.25. The van der Waals surface area contributed by atoms with E-state index in [9.17, 15) is 27.5 Å². The van der Waals surface area contributed by atoms with Crippen LogP contribution in [-0.2, 0) is 4.79 Å². The number of nitrogens with two attached hydrogens (primary N) is 1. The molecular weight excluding hydrogens is 551 g/mol. The molecule has 9 nitrogen and oxygen atoms in total. The number of aliphatic hydroxyl groups is 1. The van der Waals surface area contributed by atoms with Crippen LogP contribution >= 0.6 is 11.6 Å². The normalized spacial score (nSPS) is 16.2. The number of benzene rings is 2. The van der Waals surface area contributed by atoms with Crippen LogP contribution in [0.3, 0.4) is 0 Å². The largest absolute Gasteiger partial charge is 0.451 e. The fourth-order valence-electron chi connectivity index (χ4n) is 4.37. The third-order valence-corrected chi connectivity index (χ3v) is 6.58. The predicted octanol–water partition coefficient (Wildman–Crippen LogP) is 3.94. The van der Waals surface area contributed by atoms with Crippen LogP contribution < -0.4 is 10.5 Å². The lowest BCUT2D eigenvalue weighted by Gasteiger charge is -2.18. The first kappa shape index (κ1) is 26.6. The number of carbonyl (C=O) groups is 1. The molecule has 1 aliphatic rings. The summed E-state index contributed by atoms with van der Waals surface area (Å²) in [6, 6.07) is 2.69. The van der Waals surface area contributed by atoms with Gasteiger partial charge in [0.2, 0.25) is 23.3 Å². The number of fused-ring (bicyclic) bond motifs is 1. The minimum absolute atomic E-state index is 0.00705. The van der Waals surface area contributed by atoms with Crippen molar-refractivity contribution in [3.63, 3.8) is 0 Å². The summed E-state index contributed by atoms with van der Waals surface area (Å²) in [7, 11) is 0. The molecule has 2 aromatic heterocycles. The van der Waals surface area contributed by atoms with Crippen molar-refractivity contribution in [2.24, 2.45) is 0 Å². The van der Waals surface area contributed by atoms with Gasteiger partial charge >= 0.3 is 0 Å². The smallest absolute Gasteiger partial charge is 0.243 e. The summed E-state index contributed by atoms with van der Waals surface area (Å²) in [5.74, 6) is -10.2. The van der Waals surface area contributed by atoms with E-state index in [4.69, 9.17) is 22.1 Å². The van der Waals surface area contributed by atoms with Crippen molar-refractivity contribution in [3.8, 4) is 22.8 Å². The van der Waals surface area contributed by atoms with Crippen molar-refractivity contribution in [2.45, 2.75) is 17.8 Å². The molecule has 4 aromatic rings. The minimum atomic E-state index is -1.78. The van der Waals surface area contributed by atoms with Crippen LogP contribution in [-0.4, -0.2) is 60.7 Å². The number of likely N-dealkylation sites (tertiary alicyclic amines) is 1. The number of nitrogen functional groups attached to an aromatic ring is 1. The van der Waals surface area contributed by atoms with E-state index in [1.807, 2.05) is 0 Å². The van der Waals surface area contributed by atoms with Crippen LogP contribution in [0.4, 0.5) is 27.8 Å². The van der Waals surface area contributed by atoms with Crippen LogP contribution in [0.1, 0.15) is 12.5 Å². The highest BCUT2D eigenvalue weighted by atomic mass is 35.5. The van der Waals surface area contributed by atoms with Crippen molar-refractivity contribution in [1.29, 1.82) is 0 Å². The van der Waals surface area contributed by atoms with Gasteiger partial charge in [-0.25, -0.2) is 27.8 Å². The highest BCUT2D eigenvalue weighted by Gasteiger charge is 2.33. The van der Waals surface area contributed by atoms with E-state index in [2.05, 4.69) is 15.1 Å². The van der Waals surface area contributed by atoms with Gasteiger partial charge in [-0.2, -0.15) is 13.9 Å². The quantitative estimate of drug-likeness (QED) is 0.205. The van der Waals surface area contributed by atoms with Crippen molar-refractivity contribution in [3.05, 3.63) is 59.7 Å². The number of alkyl halides is 1. The maximum Gasteiger partial charge on any atom is 0.243 e. The van der Waals surface area contributed by atoms with Gasteiger partial charge in [0.15, 0.2) is 17.3 Å². The van der Waals surface area contributed by atoms with Crippen molar-refractivity contribution >= 4 is 34.4 Å². The molecule has 3 N–H and O–H groups in total. The van der Waals surface area contributed by atoms with Gasteiger partial charge in [0.1, 0.15) is 34.8 Å². The van der Waals surface area contributed by atoms with Crippen LogP contribution in [0.25, 0.3) is 22.3 Å². The molecular formula is C24H18ClF5N6O3. The molecule has 2 atom stereocenters. The highest BCUT2D eigenvalue weighted by Crippen LogP contribution is 2.37. The van der Waals surface area contributed by atoms with Gasteiger partial charge in [0.25, 0.3) is 0 Å². The number of hydrogen-bond acceptors (Lipinski definition) is 7. The van der Waals surface area contributed by atoms with Gasteiger partial charge < -0.3 is 20.5 Å². The Hall–Kier alpha value is -4.04. The number of anilines is 1. The van der Waals surface area contributed by atoms with Gasteiger partial charge in [0, 0.05) is 30.8 Å². The van der Waals surface area contributed by atoms with Crippen molar-refractivity contribution in [1.82, 2.24) is 24.6 Å². The lowest BCUT2D eigenvalue weighted by Crippen LogP contribution is -2.37. The number of aromatic nitrogens is 4. The van der Waals surface area contributed by atoms with Gasteiger partial charge in [0.05, 0.1) is 18.0 Å². The Morgan fingerprint density at radius 2 is 1.85 bits per heavy atom. The first-order valence-corrected chi connectivity index (χ1v) is 11.9. The Labute approximate surface area is 221 Å². The highest BCUT2D eigenvalue weighted by molar-refractivity contribution is 6.30. The number of ether oxygens (including phenoxy) is 1. The van der Waals surface area contributed by atoms with Gasteiger partial charge in [-0.15, -0.1) is 11.6 Å². The molecule has 0 bridgehead atoms. The molecule has 5 rings (SSSR count). The van der Waals surface area contributed by atoms with Gasteiger partial charge in [-0.1, -0.05) is 0 Å². The summed E-state index contributed by atoms with van der Waals surface area (Å²) in [4.78, 5) is 22.0. The Morgan fingerprint density at radius 1 is 1.13 bits per heavy atom. The Morgan fingerprint density at radius 3 is 2.51 bits per heavy atom. The van der Waals surface area contributed by atoms with E-state index in [-0.39, 0.29) is 46.8 Å². The number of amides is 1. The average molecular weight is 569 g/mol. The van der Waals surface area contributed by atoms with E-state index < -0.39 is 58.5 Å². The number of aliphatic hydroxyl groups excluding tert-OH is 1. The summed E-state index contributed by atoms with van der Waals surface area (Å²) >= 11 is 5.87. The molecule has 1 aliphatic heterocycles. The van der Waals surface area contributed by atoms with Crippen molar-refractivity contribution in [2.75, 3.05) is 25.4 Å². The summed E-state index contributed by atoms with van der Waals surface area (Å²) in [6.07, 6.45) is 1.66. The molecule has 1 fully saturated rings. The average Bonchev–Trinajstić information content (AvgIpc) is 3.55. The van der Waals surface area contributed by atoms with Crippen molar-refractivity contribution < 1.29 is 36.6 Å². The molecule has 1 amide bonds. The van der Waals surface area contributed by atoms with Crippen LogP contribution in [0.5, 0.6) is 11.5 Å². The molecule has 204 valence electrons. The topological polar surface area (TPSA) is 119 Å². The Kier molecular flexibility index (Phi) is 6.99. The predicted molar refractivity (Wildman–Crippen MR) is 128 cm³/mol. The van der Waals surface area contributed by atoms with E-state index in [0.717, 1.165) is 12.1 Å². The minimum Gasteiger partial charge on any atom is -0.451 e. The van der Waals surface area contributed by atoms with Gasteiger partial charge in [-0.05, 0) is 18.6 Å². The number of hydrogen-bond donors (Lipinski definition) is 2. The van der Waals surface area contributed by atoms with Gasteiger partial charge in [-0.3, -0.25) is 4.79 Å². The second-order valence-electron chi connectivity index (χ2n) is 8.67. The number of halogens is 6. The molecule has 0 saturated carbocycles. The summed E-state index contributed by atoms with van der Waals surface area (Å²) in [5.41, 5.74) is 6.27. The molecule has 2 aromatic carbocycles. The third kappa shape index (κ3) is 4.69. The SMILES string of the molecule is Nc1ncnc2c1c(-c1ccc(Oc3c(F)c(F)cc(F)c3F)cc1F)nn2C1CCN(C(=O)C(Cl)CO)C1. The zero-order chi connectivity index (χ0) is 28.0. The first-order valence-electron chi connectivity index (χ1n) is 11.4. The van der Waals surface area contributed by atoms with E-state index in [1.54, 1.807) is 0 Å². The number of nitrogens with zero attached hydrogens (tertiary/aromatic N) is 5. The lowest BCUT2D eigenvalue weighted by molar-refractivity contribution is -0.130. The second-order valence-corrected chi connectivity index (χ2v) is 9.20. The molecule has 0 radical (unpaired) electrons. The molecule has 3 heterocycles. The summed E-state index contributed by atoms with van der Waals surface area (Å²) < 4.78 is 76.8. The standard InChI is InChI=1S/C24H18ClF5N6O3/c25-13(8-37)24(38)35-4-3-10(7-35)36-23-17(22(31)32-9-33-23)20(34-36)12-2-1-11(5-14(12)26)39-21-18(29)15(27)6-16(28)19(21)30/h1-2,5-6,9-10,13,37H,3-4,7-8H2,(H2,31,32,33). The molecule has 1 saturated heterocycles. The van der Waals surface area contributed by atoms with Crippen LogP contribution in [0.2, 0.25) is 0 Å². The molecule has 0 aliphatic carbocycles. The maximum absolute atomic E-state index is 15.3. The lowest BCUT2D eigenvalue weighted by atomic mass is 10.1. The molecule has 2 unspecified atom stereocenters. The Balaban J connectivity index is 1.51. The summed E-state index contributed by atoms with van der Waals surface area (Å²) in [6.45, 7) is 0.00348. The number of carbonyl (C=O) groups excluding carboxylic acids is 1. The fourth-order valence-corrected chi connectivity index (χ4v) is 4.50. The first-order chi connectivity index (χ1) is 18.6. The van der Waals surface area contributed by atoms with E-state index in [0.29, 0.717) is 13.0 Å². The second kappa shape index (κ2) is 10.3. The Bertz CT molecular complexity index is 1580. The number of rotatable bonds is 6. The fraction of sp³-hybridized carbons (Fsp3) is 0.250. The molecule has 39 heavy (non-hydrogen) atoms. The van der Waals surface area contributed by atoms with Crippen LogP contribution in [0, 0.1) is 29.1 Å². The zero-order valence-corrected chi connectivity index (χ0v) is 20.5. The maximum atomic E-state index is 15.3. The zero-order valence-electron chi connectivity index (χ0n) is 19.7. The monoisotopic (exact) mass is 568 g/mol. The van der Waals surface area contributed by atoms with E-state index in [1.165, 1.54) is 22.0 Å². The molecule has 15 heteroatoms. The molecule has 0 spiro atoms. The summed E-state index contributed by atoms with van der Waals surface area (Å²) in [5, 5.41) is 12.8. The van der Waals surface area contributed by atoms with E-state index >= 15 is 4.39 Å².